The van der Waals surface area contributed by atoms with Crippen LogP contribution in [0.1, 0.15) is 34.6 Å². The minimum absolute atomic E-state index is 0.327. The number of thioether (sulfide) groups is 1. The molecule has 0 aromatic rings. The Balaban J connectivity index is 4.51. The molecule has 110 valence electrons. The lowest BCUT2D eigenvalue weighted by Gasteiger charge is -2.25. The van der Waals surface area contributed by atoms with Gasteiger partial charge in [0.15, 0.2) is 0 Å². The summed E-state index contributed by atoms with van der Waals surface area (Å²) in [5.41, 5.74) is -1.28. The molecule has 0 aliphatic rings. The van der Waals surface area contributed by atoms with Crippen molar-refractivity contribution in [3.8, 4) is 0 Å². The topological polar surface area (TPSA) is 69.6 Å². The number of amides is 1. The minimum atomic E-state index is -1.28. The highest BCUT2D eigenvalue weighted by Gasteiger charge is 2.31. The first-order chi connectivity index (χ1) is 8.65. The van der Waals surface area contributed by atoms with Crippen LogP contribution in [-0.2, 0) is 9.59 Å². The number of carboxylic acids is 1. The standard InChI is InChI=1S/C12H22N2O3S2/c1-6-14(7-2)11(18)19-8(3)9(15)13-12(4,5)10(16)17/h8H,6-7H2,1-5H3,(H,13,15)(H,16,17). The van der Waals surface area contributed by atoms with Gasteiger partial charge < -0.3 is 15.3 Å². The van der Waals surface area contributed by atoms with Crippen LogP contribution in [0.25, 0.3) is 0 Å². The fourth-order valence-corrected chi connectivity index (χ4v) is 2.79. The van der Waals surface area contributed by atoms with Crippen LogP contribution < -0.4 is 5.32 Å². The molecular weight excluding hydrogens is 284 g/mol. The highest BCUT2D eigenvalue weighted by molar-refractivity contribution is 8.23. The first kappa shape index (κ1) is 18.2. The van der Waals surface area contributed by atoms with Gasteiger partial charge in [-0.15, -0.1) is 0 Å². The second-order valence-electron chi connectivity index (χ2n) is 4.62. The number of aliphatic carboxylic acids is 1. The van der Waals surface area contributed by atoms with E-state index < -0.39 is 16.8 Å². The zero-order valence-electron chi connectivity index (χ0n) is 12.0. The number of carbonyl (C=O) groups is 2. The monoisotopic (exact) mass is 306 g/mol. The third-order valence-corrected chi connectivity index (χ3v) is 4.21. The summed E-state index contributed by atoms with van der Waals surface area (Å²) in [5, 5.41) is 11.0. The molecule has 0 rings (SSSR count). The molecule has 1 atom stereocenters. The van der Waals surface area contributed by atoms with Crippen molar-refractivity contribution in [3.05, 3.63) is 0 Å². The van der Waals surface area contributed by atoms with Gasteiger partial charge in [0.1, 0.15) is 9.86 Å². The maximum absolute atomic E-state index is 11.9. The van der Waals surface area contributed by atoms with Gasteiger partial charge >= 0.3 is 5.97 Å². The maximum atomic E-state index is 11.9. The predicted octanol–water partition coefficient (Wildman–Crippen LogP) is 1.71. The summed E-state index contributed by atoms with van der Waals surface area (Å²) in [6, 6.07) is 0. The second-order valence-corrected chi connectivity index (χ2v) is 6.59. The van der Waals surface area contributed by atoms with E-state index in [2.05, 4.69) is 5.32 Å². The molecule has 0 saturated carbocycles. The molecule has 1 amide bonds. The van der Waals surface area contributed by atoms with E-state index in [1.807, 2.05) is 18.7 Å². The Morgan fingerprint density at radius 2 is 1.84 bits per heavy atom. The Morgan fingerprint density at radius 1 is 1.37 bits per heavy atom. The van der Waals surface area contributed by atoms with E-state index in [-0.39, 0.29) is 5.91 Å². The summed E-state index contributed by atoms with van der Waals surface area (Å²) >= 11 is 6.52. The molecular formula is C12H22N2O3S2. The maximum Gasteiger partial charge on any atom is 0.328 e. The number of hydrogen-bond acceptors (Lipinski definition) is 4. The molecule has 0 aliphatic heterocycles. The van der Waals surface area contributed by atoms with Gasteiger partial charge in [-0.05, 0) is 34.6 Å². The van der Waals surface area contributed by atoms with E-state index in [0.29, 0.717) is 4.32 Å². The van der Waals surface area contributed by atoms with E-state index in [0.717, 1.165) is 13.1 Å². The van der Waals surface area contributed by atoms with E-state index in [1.165, 1.54) is 25.6 Å². The van der Waals surface area contributed by atoms with E-state index in [9.17, 15) is 9.59 Å². The Labute approximate surface area is 124 Å². The number of nitrogens with zero attached hydrogens (tertiary/aromatic N) is 1. The van der Waals surface area contributed by atoms with Gasteiger partial charge in [-0.3, -0.25) is 4.79 Å². The van der Waals surface area contributed by atoms with Crippen molar-refractivity contribution in [1.82, 2.24) is 10.2 Å². The Hall–Kier alpha value is -0.820. The summed E-state index contributed by atoms with van der Waals surface area (Å²) in [4.78, 5) is 24.8. The second kappa shape index (κ2) is 7.69. The fourth-order valence-electron chi connectivity index (χ4n) is 1.22. The Kier molecular flexibility index (Phi) is 7.36. The van der Waals surface area contributed by atoms with Gasteiger partial charge in [-0.25, -0.2) is 4.79 Å². The van der Waals surface area contributed by atoms with Crippen LogP contribution in [0.3, 0.4) is 0 Å². The SMILES string of the molecule is CCN(CC)C(=S)SC(C)C(=O)NC(C)(C)C(=O)O. The lowest BCUT2D eigenvalue weighted by molar-refractivity contribution is -0.145. The molecule has 0 aromatic carbocycles. The molecule has 19 heavy (non-hydrogen) atoms. The average molecular weight is 306 g/mol. The van der Waals surface area contributed by atoms with Crippen molar-refractivity contribution < 1.29 is 14.7 Å². The Morgan fingerprint density at radius 3 is 2.21 bits per heavy atom. The molecule has 2 N–H and O–H groups in total. The zero-order chi connectivity index (χ0) is 15.2. The lowest BCUT2D eigenvalue weighted by atomic mass is 10.1. The van der Waals surface area contributed by atoms with Crippen LogP contribution in [0.4, 0.5) is 0 Å². The summed E-state index contributed by atoms with van der Waals surface area (Å²) in [7, 11) is 0. The molecule has 0 fully saturated rings. The number of thiocarbonyl (C=S) groups is 1. The van der Waals surface area contributed by atoms with Crippen LogP contribution in [0.15, 0.2) is 0 Å². The fraction of sp³-hybridized carbons (Fsp3) is 0.750. The molecule has 0 radical (unpaired) electrons. The van der Waals surface area contributed by atoms with Crippen molar-refractivity contribution in [2.75, 3.05) is 13.1 Å². The number of rotatable bonds is 6. The van der Waals surface area contributed by atoms with Gasteiger partial charge in [0.25, 0.3) is 0 Å². The van der Waals surface area contributed by atoms with Crippen molar-refractivity contribution in [3.63, 3.8) is 0 Å². The number of nitrogens with one attached hydrogen (secondary N) is 1. The van der Waals surface area contributed by atoms with Crippen LogP contribution in [0.5, 0.6) is 0 Å². The number of hydrogen-bond donors (Lipinski definition) is 2. The minimum Gasteiger partial charge on any atom is -0.480 e. The van der Waals surface area contributed by atoms with E-state index in [1.54, 1.807) is 6.92 Å². The van der Waals surface area contributed by atoms with Crippen molar-refractivity contribution in [1.29, 1.82) is 0 Å². The Bertz CT molecular complexity index is 355. The van der Waals surface area contributed by atoms with Crippen LogP contribution in [0.2, 0.25) is 0 Å². The van der Waals surface area contributed by atoms with Gasteiger partial charge in [0.05, 0.1) is 5.25 Å². The smallest absolute Gasteiger partial charge is 0.328 e. The van der Waals surface area contributed by atoms with E-state index in [4.69, 9.17) is 17.3 Å². The van der Waals surface area contributed by atoms with Crippen LogP contribution in [-0.4, -0.2) is 50.1 Å². The third kappa shape index (κ3) is 5.78. The highest BCUT2D eigenvalue weighted by atomic mass is 32.2. The average Bonchev–Trinajstić information content (AvgIpc) is 2.29. The van der Waals surface area contributed by atoms with Crippen molar-refractivity contribution >= 4 is 40.2 Å². The first-order valence-electron chi connectivity index (χ1n) is 6.16. The van der Waals surface area contributed by atoms with Gasteiger partial charge in [-0.2, -0.15) is 0 Å². The largest absolute Gasteiger partial charge is 0.480 e. The highest BCUT2D eigenvalue weighted by Crippen LogP contribution is 2.17. The van der Waals surface area contributed by atoms with Crippen molar-refractivity contribution in [2.45, 2.75) is 45.4 Å². The molecule has 7 heteroatoms. The lowest BCUT2D eigenvalue weighted by Crippen LogP contribution is -2.52. The quantitative estimate of drug-likeness (QED) is 0.728. The molecule has 0 aromatic heterocycles. The predicted molar refractivity (Wildman–Crippen MR) is 82.4 cm³/mol. The summed E-state index contributed by atoms with van der Waals surface area (Å²) in [6.07, 6.45) is 0. The molecule has 0 spiro atoms. The van der Waals surface area contributed by atoms with Gasteiger partial charge in [-0.1, -0.05) is 24.0 Å². The number of carboxylic acid groups (broad SMARTS) is 1. The molecule has 5 nitrogen and oxygen atoms in total. The first-order valence-corrected chi connectivity index (χ1v) is 7.45. The van der Waals surface area contributed by atoms with Gasteiger partial charge in [0, 0.05) is 13.1 Å². The molecule has 1 unspecified atom stereocenters. The summed E-state index contributed by atoms with van der Waals surface area (Å²) < 4.78 is 0.654. The van der Waals surface area contributed by atoms with Crippen LogP contribution in [0, 0.1) is 0 Å². The molecule has 0 heterocycles. The third-order valence-electron chi connectivity index (χ3n) is 2.64. The molecule has 0 bridgehead atoms. The summed E-state index contributed by atoms with van der Waals surface area (Å²) in [5.74, 6) is -1.39. The zero-order valence-corrected chi connectivity index (χ0v) is 13.7. The molecule has 0 saturated heterocycles. The van der Waals surface area contributed by atoms with Crippen LogP contribution >= 0.6 is 24.0 Å². The van der Waals surface area contributed by atoms with Crippen molar-refractivity contribution in [2.24, 2.45) is 0 Å². The molecule has 0 aliphatic carbocycles. The number of carbonyl (C=O) groups excluding carboxylic acids is 1. The van der Waals surface area contributed by atoms with Gasteiger partial charge in [0.2, 0.25) is 5.91 Å². The normalized spacial score (nSPS) is 12.7. The van der Waals surface area contributed by atoms with E-state index >= 15 is 0 Å². The summed E-state index contributed by atoms with van der Waals surface area (Å²) in [6.45, 7) is 10.2.